The number of carbonyl (C=O) groups is 1. The lowest BCUT2D eigenvalue weighted by Gasteiger charge is -2.19. The average Bonchev–Trinajstić information content (AvgIpc) is 2.37. The van der Waals surface area contributed by atoms with Crippen LogP contribution in [0.4, 0.5) is 17.6 Å². The van der Waals surface area contributed by atoms with E-state index in [1.807, 2.05) is 0 Å². The standard InChI is InChI=1S/C12H12BrF4NO2S/c1-2-20-10(19)5-9(18-21)7-3-6(13)4-8(11(7)14)12(15,16)17/h3-4,9,18,21H,2,5H2,1H3. The maximum atomic E-state index is 14.1. The quantitative estimate of drug-likeness (QED) is 0.453. The van der Waals surface area contributed by atoms with E-state index >= 15 is 0 Å². The van der Waals surface area contributed by atoms with Crippen molar-refractivity contribution in [1.82, 2.24) is 4.72 Å². The van der Waals surface area contributed by atoms with Crippen molar-refractivity contribution in [1.29, 1.82) is 0 Å². The van der Waals surface area contributed by atoms with Gasteiger partial charge in [0.1, 0.15) is 5.82 Å². The van der Waals surface area contributed by atoms with Gasteiger partial charge < -0.3 is 4.74 Å². The van der Waals surface area contributed by atoms with Gasteiger partial charge >= 0.3 is 12.1 Å². The number of thiol groups is 1. The highest BCUT2D eigenvalue weighted by Crippen LogP contribution is 2.37. The second-order valence-corrected chi connectivity index (χ2v) is 5.22. The van der Waals surface area contributed by atoms with Gasteiger partial charge in [0.05, 0.1) is 24.6 Å². The summed E-state index contributed by atoms with van der Waals surface area (Å²) >= 11 is 6.64. The number of halogens is 5. The monoisotopic (exact) mass is 389 g/mol. The molecule has 0 bridgehead atoms. The van der Waals surface area contributed by atoms with Gasteiger partial charge in [0.25, 0.3) is 0 Å². The summed E-state index contributed by atoms with van der Waals surface area (Å²) in [6.07, 6.45) is -5.18. The topological polar surface area (TPSA) is 38.3 Å². The first-order valence-electron chi connectivity index (χ1n) is 5.82. The summed E-state index contributed by atoms with van der Waals surface area (Å²) < 4.78 is 59.4. The Bertz CT molecular complexity index is 525. The van der Waals surface area contributed by atoms with Gasteiger partial charge in [0, 0.05) is 10.0 Å². The molecule has 0 fully saturated rings. The molecule has 0 saturated carbocycles. The summed E-state index contributed by atoms with van der Waals surface area (Å²) in [5.74, 6) is -2.11. The number of rotatable bonds is 5. The molecule has 0 aliphatic heterocycles. The Labute approximate surface area is 132 Å². The third-order valence-corrected chi connectivity index (χ3v) is 3.35. The number of benzene rings is 1. The SMILES string of the molecule is CCOC(=O)CC(NS)c1cc(Br)cc(C(F)(F)F)c1F. The first-order valence-corrected chi connectivity index (χ1v) is 7.06. The highest BCUT2D eigenvalue weighted by atomic mass is 79.9. The number of hydrogen-bond acceptors (Lipinski definition) is 4. The summed E-state index contributed by atoms with van der Waals surface area (Å²) in [6, 6.07) is 0.752. The predicted octanol–water partition coefficient (Wildman–Crippen LogP) is 4.04. The zero-order valence-corrected chi connectivity index (χ0v) is 13.3. The van der Waals surface area contributed by atoms with Gasteiger partial charge in [-0.05, 0) is 19.1 Å². The summed E-state index contributed by atoms with van der Waals surface area (Å²) in [6.45, 7) is 1.70. The van der Waals surface area contributed by atoms with Crippen LogP contribution in [0.5, 0.6) is 0 Å². The fourth-order valence-corrected chi connectivity index (χ4v) is 2.39. The lowest BCUT2D eigenvalue weighted by Crippen LogP contribution is -2.21. The zero-order chi connectivity index (χ0) is 16.2. The Hall–Kier alpha value is -0.800. The van der Waals surface area contributed by atoms with Gasteiger partial charge in [-0.1, -0.05) is 28.7 Å². The number of carbonyl (C=O) groups excluding carboxylic acids is 1. The highest BCUT2D eigenvalue weighted by Gasteiger charge is 2.36. The van der Waals surface area contributed by atoms with Crippen LogP contribution in [0.15, 0.2) is 16.6 Å². The largest absolute Gasteiger partial charge is 0.466 e. The summed E-state index contributed by atoms with van der Waals surface area (Å²) in [4.78, 5) is 11.4. The van der Waals surface area contributed by atoms with E-state index in [2.05, 4.69) is 33.5 Å². The van der Waals surface area contributed by atoms with E-state index in [0.717, 1.165) is 6.07 Å². The molecule has 0 aliphatic carbocycles. The van der Waals surface area contributed by atoms with Crippen molar-refractivity contribution in [2.75, 3.05) is 6.61 Å². The summed E-state index contributed by atoms with van der Waals surface area (Å²) in [5, 5.41) is 0. The van der Waals surface area contributed by atoms with Crippen LogP contribution in [0.25, 0.3) is 0 Å². The molecule has 1 aromatic carbocycles. The normalized spacial score (nSPS) is 13.1. The molecule has 0 heterocycles. The first kappa shape index (κ1) is 18.2. The Morgan fingerprint density at radius 1 is 1.48 bits per heavy atom. The van der Waals surface area contributed by atoms with Crippen molar-refractivity contribution >= 4 is 34.7 Å². The molecule has 1 N–H and O–H groups in total. The second kappa shape index (κ2) is 7.46. The molecule has 0 spiro atoms. The second-order valence-electron chi connectivity index (χ2n) is 4.05. The lowest BCUT2D eigenvalue weighted by molar-refractivity contribution is -0.143. The molecule has 0 aliphatic rings. The molecule has 0 saturated heterocycles. The number of hydrogen-bond donors (Lipinski definition) is 2. The van der Waals surface area contributed by atoms with E-state index in [-0.39, 0.29) is 23.1 Å². The van der Waals surface area contributed by atoms with Crippen LogP contribution in [0.2, 0.25) is 0 Å². The van der Waals surface area contributed by atoms with Gasteiger partial charge in [-0.15, -0.1) is 0 Å². The Kier molecular flexibility index (Phi) is 6.48. The summed E-state index contributed by atoms with van der Waals surface area (Å²) in [7, 11) is 0. The van der Waals surface area contributed by atoms with E-state index in [9.17, 15) is 22.4 Å². The van der Waals surface area contributed by atoms with Crippen LogP contribution in [0, 0.1) is 5.82 Å². The fourth-order valence-electron chi connectivity index (χ4n) is 1.68. The van der Waals surface area contributed by atoms with Gasteiger partial charge in [-0.3, -0.25) is 9.52 Å². The lowest BCUT2D eigenvalue weighted by atomic mass is 10.0. The Balaban J connectivity index is 3.21. The van der Waals surface area contributed by atoms with E-state index in [1.165, 1.54) is 0 Å². The number of nitrogens with one attached hydrogen (secondary N) is 1. The van der Waals surface area contributed by atoms with Crippen LogP contribution < -0.4 is 4.72 Å². The molecule has 118 valence electrons. The fraction of sp³-hybridized carbons (Fsp3) is 0.417. The van der Waals surface area contributed by atoms with Crippen LogP contribution in [0.1, 0.15) is 30.5 Å². The van der Waals surface area contributed by atoms with Crippen molar-refractivity contribution in [3.05, 3.63) is 33.5 Å². The number of esters is 1. The third kappa shape index (κ3) is 4.86. The highest BCUT2D eigenvalue weighted by molar-refractivity contribution is 9.10. The first-order chi connectivity index (χ1) is 9.70. The van der Waals surface area contributed by atoms with E-state index in [0.29, 0.717) is 6.07 Å². The molecule has 21 heavy (non-hydrogen) atoms. The minimum atomic E-state index is -4.84. The minimum absolute atomic E-state index is 0.0451. The van der Waals surface area contributed by atoms with Gasteiger partial charge in [-0.2, -0.15) is 13.2 Å². The van der Waals surface area contributed by atoms with Gasteiger partial charge in [-0.25, -0.2) is 4.39 Å². The molecular weight excluding hydrogens is 378 g/mol. The van der Waals surface area contributed by atoms with Gasteiger partial charge in [0.15, 0.2) is 0 Å². The molecule has 0 aromatic heterocycles. The maximum absolute atomic E-state index is 14.1. The summed E-state index contributed by atoms with van der Waals surface area (Å²) in [5.41, 5.74) is -1.73. The minimum Gasteiger partial charge on any atom is -0.466 e. The van der Waals surface area contributed by atoms with Crippen molar-refractivity contribution in [2.24, 2.45) is 0 Å². The molecular formula is C12H12BrF4NO2S. The van der Waals surface area contributed by atoms with E-state index in [1.54, 1.807) is 6.92 Å². The Morgan fingerprint density at radius 3 is 2.57 bits per heavy atom. The Morgan fingerprint density at radius 2 is 2.10 bits per heavy atom. The van der Waals surface area contributed by atoms with Crippen LogP contribution in [0.3, 0.4) is 0 Å². The predicted molar refractivity (Wildman–Crippen MR) is 75.2 cm³/mol. The van der Waals surface area contributed by atoms with Crippen LogP contribution in [-0.2, 0) is 15.7 Å². The molecule has 1 aromatic rings. The molecule has 9 heteroatoms. The molecule has 0 radical (unpaired) electrons. The van der Waals surface area contributed by atoms with Gasteiger partial charge in [0.2, 0.25) is 0 Å². The van der Waals surface area contributed by atoms with Crippen molar-refractivity contribution < 1.29 is 27.1 Å². The maximum Gasteiger partial charge on any atom is 0.419 e. The zero-order valence-electron chi connectivity index (χ0n) is 10.8. The van der Waals surface area contributed by atoms with E-state index < -0.39 is 29.6 Å². The van der Waals surface area contributed by atoms with Crippen LogP contribution in [-0.4, -0.2) is 12.6 Å². The molecule has 1 rings (SSSR count). The number of ether oxygens (including phenoxy) is 1. The van der Waals surface area contributed by atoms with E-state index in [4.69, 9.17) is 4.74 Å². The van der Waals surface area contributed by atoms with Crippen LogP contribution >= 0.6 is 28.7 Å². The molecule has 3 nitrogen and oxygen atoms in total. The van der Waals surface area contributed by atoms with Crippen molar-refractivity contribution in [3.63, 3.8) is 0 Å². The molecule has 1 unspecified atom stereocenters. The smallest absolute Gasteiger partial charge is 0.419 e. The molecule has 0 amide bonds. The van der Waals surface area contributed by atoms with Crippen molar-refractivity contribution in [2.45, 2.75) is 25.6 Å². The number of alkyl halides is 3. The third-order valence-electron chi connectivity index (χ3n) is 2.58. The van der Waals surface area contributed by atoms with Crippen molar-refractivity contribution in [3.8, 4) is 0 Å². The molecule has 1 atom stereocenters. The average molecular weight is 390 g/mol.